The van der Waals surface area contributed by atoms with Crippen LogP contribution in [0.15, 0.2) is 34.8 Å². The molecule has 2 rings (SSSR count). The van der Waals surface area contributed by atoms with Gasteiger partial charge in [0, 0.05) is 14.5 Å². The molecule has 0 bridgehead atoms. The predicted octanol–water partition coefficient (Wildman–Crippen LogP) is 5.42. The van der Waals surface area contributed by atoms with Gasteiger partial charge in [0.25, 0.3) is 0 Å². The minimum atomic E-state index is -0.281. The van der Waals surface area contributed by atoms with E-state index in [1.807, 2.05) is 19.9 Å². The van der Waals surface area contributed by atoms with E-state index in [-0.39, 0.29) is 6.04 Å². The van der Waals surface area contributed by atoms with Crippen LogP contribution in [0.4, 0.5) is 0 Å². The fraction of sp³-hybridized carbons (Fsp3) is 0.200. The van der Waals surface area contributed by atoms with Crippen LogP contribution in [-0.4, -0.2) is 0 Å². The summed E-state index contributed by atoms with van der Waals surface area (Å²) >= 11 is 15.8. The van der Waals surface area contributed by atoms with Gasteiger partial charge in [-0.15, -0.1) is 0 Å². The molecular weight excluding hydrogens is 345 g/mol. The number of hydrogen-bond donors (Lipinski definition) is 1. The van der Waals surface area contributed by atoms with Crippen LogP contribution in [0.2, 0.25) is 10.0 Å². The molecule has 0 saturated carbocycles. The van der Waals surface area contributed by atoms with Crippen LogP contribution in [0.25, 0.3) is 0 Å². The number of benzene rings is 2. The smallest absolute Gasteiger partial charge is 0.0567 e. The molecule has 0 radical (unpaired) electrons. The highest BCUT2D eigenvalue weighted by molar-refractivity contribution is 9.10. The molecule has 19 heavy (non-hydrogen) atoms. The SMILES string of the molecule is Cc1cc(C(N)c2cc(Cl)ccc2Cl)cc(C)c1Br. The fourth-order valence-corrected chi connectivity index (χ4v) is 2.74. The molecule has 4 heteroatoms. The molecule has 1 atom stereocenters. The molecule has 0 aliphatic carbocycles. The van der Waals surface area contributed by atoms with Gasteiger partial charge >= 0.3 is 0 Å². The van der Waals surface area contributed by atoms with Crippen molar-refractivity contribution in [2.75, 3.05) is 0 Å². The third kappa shape index (κ3) is 3.14. The van der Waals surface area contributed by atoms with Crippen molar-refractivity contribution in [1.82, 2.24) is 0 Å². The monoisotopic (exact) mass is 357 g/mol. The second-order valence-corrected chi connectivity index (χ2v) is 6.25. The summed E-state index contributed by atoms with van der Waals surface area (Å²) in [6, 6.07) is 9.21. The average Bonchev–Trinajstić information content (AvgIpc) is 2.37. The summed E-state index contributed by atoms with van der Waals surface area (Å²) in [5.74, 6) is 0. The minimum absolute atomic E-state index is 0.281. The second kappa shape index (κ2) is 5.84. The van der Waals surface area contributed by atoms with E-state index in [1.54, 1.807) is 12.1 Å². The van der Waals surface area contributed by atoms with Gasteiger partial charge in [-0.05, 0) is 54.3 Å². The Morgan fingerprint density at radius 3 is 2.21 bits per heavy atom. The quantitative estimate of drug-likeness (QED) is 0.761. The topological polar surface area (TPSA) is 26.0 Å². The first kappa shape index (κ1) is 14.9. The minimum Gasteiger partial charge on any atom is -0.320 e. The van der Waals surface area contributed by atoms with E-state index in [4.69, 9.17) is 28.9 Å². The molecule has 0 aliphatic rings. The highest BCUT2D eigenvalue weighted by atomic mass is 79.9. The number of aryl methyl sites for hydroxylation is 2. The van der Waals surface area contributed by atoms with Crippen molar-refractivity contribution in [2.24, 2.45) is 5.73 Å². The summed E-state index contributed by atoms with van der Waals surface area (Å²) in [6.07, 6.45) is 0. The van der Waals surface area contributed by atoms with E-state index in [1.165, 1.54) is 0 Å². The number of nitrogens with two attached hydrogens (primary N) is 1. The van der Waals surface area contributed by atoms with Gasteiger partial charge in [0.1, 0.15) is 0 Å². The summed E-state index contributed by atoms with van der Waals surface area (Å²) in [7, 11) is 0. The summed E-state index contributed by atoms with van der Waals surface area (Å²) in [5.41, 5.74) is 10.5. The van der Waals surface area contributed by atoms with Gasteiger partial charge in [-0.2, -0.15) is 0 Å². The second-order valence-electron chi connectivity index (χ2n) is 4.61. The zero-order valence-electron chi connectivity index (χ0n) is 10.7. The first-order chi connectivity index (χ1) is 8.90. The molecule has 0 heterocycles. The van der Waals surface area contributed by atoms with Crippen LogP contribution in [-0.2, 0) is 0 Å². The molecule has 1 unspecified atom stereocenters. The summed E-state index contributed by atoms with van der Waals surface area (Å²) in [6.45, 7) is 4.10. The molecule has 0 spiro atoms. The van der Waals surface area contributed by atoms with Crippen molar-refractivity contribution in [1.29, 1.82) is 0 Å². The molecule has 100 valence electrons. The van der Waals surface area contributed by atoms with E-state index >= 15 is 0 Å². The van der Waals surface area contributed by atoms with Crippen molar-refractivity contribution in [2.45, 2.75) is 19.9 Å². The van der Waals surface area contributed by atoms with E-state index < -0.39 is 0 Å². The summed E-state index contributed by atoms with van der Waals surface area (Å²) in [4.78, 5) is 0. The molecule has 0 aromatic heterocycles. The molecule has 0 saturated heterocycles. The lowest BCUT2D eigenvalue weighted by Crippen LogP contribution is -2.13. The lowest BCUT2D eigenvalue weighted by molar-refractivity contribution is 0.867. The molecule has 2 aromatic rings. The van der Waals surface area contributed by atoms with Crippen molar-refractivity contribution in [3.63, 3.8) is 0 Å². The lowest BCUT2D eigenvalue weighted by atomic mass is 9.96. The van der Waals surface area contributed by atoms with Crippen LogP contribution in [0.3, 0.4) is 0 Å². The van der Waals surface area contributed by atoms with Crippen molar-refractivity contribution in [3.8, 4) is 0 Å². The van der Waals surface area contributed by atoms with Gasteiger partial charge in [0.15, 0.2) is 0 Å². The summed E-state index contributed by atoms with van der Waals surface area (Å²) < 4.78 is 1.11. The molecule has 0 amide bonds. The third-order valence-electron chi connectivity index (χ3n) is 3.11. The van der Waals surface area contributed by atoms with Crippen molar-refractivity contribution in [3.05, 3.63) is 67.1 Å². The first-order valence-corrected chi connectivity index (χ1v) is 7.42. The van der Waals surface area contributed by atoms with Gasteiger partial charge in [-0.3, -0.25) is 0 Å². The Bertz CT molecular complexity index is 603. The Balaban J connectivity index is 2.49. The van der Waals surface area contributed by atoms with Gasteiger partial charge in [0.2, 0.25) is 0 Å². The molecular formula is C15H14BrCl2N. The Morgan fingerprint density at radius 1 is 1.05 bits per heavy atom. The Labute approximate surface area is 131 Å². The Kier molecular flexibility index (Phi) is 4.57. The molecule has 1 nitrogen and oxygen atoms in total. The van der Waals surface area contributed by atoms with Crippen LogP contribution in [0.1, 0.15) is 28.3 Å². The normalized spacial score (nSPS) is 12.5. The van der Waals surface area contributed by atoms with Crippen LogP contribution in [0, 0.1) is 13.8 Å². The van der Waals surface area contributed by atoms with E-state index in [9.17, 15) is 0 Å². The van der Waals surface area contributed by atoms with E-state index in [0.29, 0.717) is 10.0 Å². The zero-order valence-corrected chi connectivity index (χ0v) is 13.8. The van der Waals surface area contributed by atoms with Gasteiger partial charge in [0.05, 0.1) is 6.04 Å². The van der Waals surface area contributed by atoms with Gasteiger partial charge < -0.3 is 5.73 Å². The average molecular weight is 359 g/mol. The number of rotatable bonds is 2. The van der Waals surface area contributed by atoms with Crippen molar-refractivity contribution >= 4 is 39.1 Å². The first-order valence-electron chi connectivity index (χ1n) is 5.87. The van der Waals surface area contributed by atoms with Crippen LogP contribution < -0.4 is 5.73 Å². The third-order valence-corrected chi connectivity index (χ3v) is 4.94. The van der Waals surface area contributed by atoms with Crippen LogP contribution in [0.5, 0.6) is 0 Å². The molecule has 2 aromatic carbocycles. The number of halogens is 3. The lowest BCUT2D eigenvalue weighted by Gasteiger charge is -2.17. The maximum atomic E-state index is 6.32. The zero-order chi connectivity index (χ0) is 14.2. The van der Waals surface area contributed by atoms with E-state index in [0.717, 1.165) is 26.7 Å². The number of hydrogen-bond acceptors (Lipinski definition) is 1. The predicted molar refractivity (Wildman–Crippen MR) is 86.1 cm³/mol. The fourth-order valence-electron chi connectivity index (χ4n) is 2.09. The maximum Gasteiger partial charge on any atom is 0.0567 e. The molecule has 0 aliphatic heterocycles. The highest BCUT2D eigenvalue weighted by Gasteiger charge is 2.15. The van der Waals surface area contributed by atoms with Crippen molar-refractivity contribution < 1.29 is 0 Å². The molecule has 0 fully saturated rings. The van der Waals surface area contributed by atoms with E-state index in [2.05, 4.69) is 28.1 Å². The van der Waals surface area contributed by atoms with Gasteiger partial charge in [-0.1, -0.05) is 51.3 Å². The molecule has 2 N–H and O–H groups in total. The van der Waals surface area contributed by atoms with Gasteiger partial charge in [-0.25, -0.2) is 0 Å². The largest absolute Gasteiger partial charge is 0.320 e. The standard InChI is InChI=1S/C15H14BrCl2N/c1-8-5-10(6-9(2)14(8)16)15(19)12-7-11(17)3-4-13(12)18/h3-7,15H,19H2,1-2H3. The Morgan fingerprint density at radius 2 is 1.63 bits per heavy atom. The van der Waals surface area contributed by atoms with Crippen LogP contribution >= 0.6 is 39.1 Å². The Hall–Kier alpha value is -0.540. The highest BCUT2D eigenvalue weighted by Crippen LogP contribution is 2.32. The summed E-state index contributed by atoms with van der Waals surface area (Å²) in [5, 5.41) is 1.27. The maximum absolute atomic E-state index is 6.32.